The van der Waals surface area contributed by atoms with Crippen molar-refractivity contribution >= 4 is 24.3 Å². The summed E-state index contributed by atoms with van der Waals surface area (Å²) in [5.41, 5.74) is 1.44. The Morgan fingerprint density at radius 1 is 0.750 bits per heavy atom. The summed E-state index contributed by atoms with van der Waals surface area (Å²) in [6, 6.07) is 31.6. The van der Waals surface area contributed by atoms with Gasteiger partial charge in [0.1, 0.15) is 5.78 Å². The quantitative estimate of drug-likeness (QED) is 0.590. The molecule has 2 heteroatoms. The Kier molecular flexibility index (Phi) is 5.56. The number of ketones is 1. The third-order valence-electron chi connectivity index (χ3n) is 4.05. The van der Waals surface area contributed by atoms with E-state index in [0.717, 1.165) is 0 Å². The van der Waals surface area contributed by atoms with Gasteiger partial charge in [-0.1, -0.05) is 91.0 Å². The molecule has 0 aliphatic rings. The van der Waals surface area contributed by atoms with E-state index in [9.17, 15) is 4.79 Å². The molecule has 0 unspecified atom stereocenters. The average molecular weight is 332 g/mol. The van der Waals surface area contributed by atoms with E-state index in [2.05, 4.69) is 72.8 Å². The fraction of sp³-hybridized carbons (Fsp3) is 0.136. The third-order valence-corrected chi connectivity index (χ3v) is 6.86. The molecule has 0 spiro atoms. The fourth-order valence-corrected chi connectivity index (χ4v) is 5.91. The fourth-order valence-electron chi connectivity index (χ4n) is 2.99. The van der Waals surface area contributed by atoms with Crippen LogP contribution in [-0.4, -0.2) is 5.78 Å². The van der Waals surface area contributed by atoms with Gasteiger partial charge in [0.25, 0.3) is 0 Å². The molecule has 1 nitrogen and oxygen atoms in total. The Labute approximate surface area is 145 Å². The molecule has 0 fully saturated rings. The molecule has 0 saturated carbocycles. The maximum Gasteiger partial charge on any atom is 0.130 e. The number of carbonyl (C=O) groups is 1. The summed E-state index contributed by atoms with van der Waals surface area (Å²) in [6.45, 7) is 1.69. The SMILES string of the molecule is CC(=O)C[C@@H](c1ccccc1)P(c1ccccc1)c1ccccc1. The normalized spacial score (nSPS) is 12.1. The van der Waals surface area contributed by atoms with Crippen molar-refractivity contribution in [2.75, 3.05) is 0 Å². The number of hydrogen-bond acceptors (Lipinski definition) is 1. The zero-order chi connectivity index (χ0) is 16.8. The van der Waals surface area contributed by atoms with E-state index < -0.39 is 7.92 Å². The second-order valence-electron chi connectivity index (χ2n) is 5.87. The maximum atomic E-state index is 12.0. The van der Waals surface area contributed by atoms with Crippen molar-refractivity contribution in [1.82, 2.24) is 0 Å². The van der Waals surface area contributed by atoms with Gasteiger partial charge in [-0.15, -0.1) is 0 Å². The molecule has 0 N–H and O–H groups in total. The molecule has 1 atom stereocenters. The first kappa shape index (κ1) is 16.6. The molecule has 3 aromatic rings. The zero-order valence-electron chi connectivity index (χ0n) is 13.8. The standard InChI is InChI=1S/C22H21OP/c1-18(23)17-22(19-11-5-2-6-12-19)24(20-13-7-3-8-14-20)21-15-9-4-10-16-21/h2-16,22H,17H2,1H3/t22-/m0/s1. The molecular formula is C22H21OP. The molecule has 0 heterocycles. The molecule has 24 heavy (non-hydrogen) atoms. The van der Waals surface area contributed by atoms with Crippen LogP contribution in [0.5, 0.6) is 0 Å². The van der Waals surface area contributed by atoms with Crippen molar-refractivity contribution in [3.63, 3.8) is 0 Å². The first-order valence-electron chi connectivity index (χ1n) is 8.19. The second-order valence-corrected chi connectivity index (χ2v) is 8.27. The first-order valence-corrected chi connectivity index (χ1v) is 9.60. The topological polar surface area (TPSA) is 17.1 Å². The number of benzene rings is 3. The van der Waals surface area contributed by atoms with E-state index in [4.69, 9.17) is 0 Å². The van der Waals surface area contributed by atoms with Crippen LogP contribution in [0.1, 0.15) is 24.6 Å². The van der Waals surface area contributed by atoms with E-state index in [-0.39, 0.29) is 11.4 Å². The minimum Gasteiger partial charge on any atom is -0.300 e. The highest BCUT2D eigenvalue weighted by molar-refractivity contribution is 7.73. The van der Waals surface area contributed by atoms with Crippen LogP contribution in [0.4, 0.5) is 0 Å². The average Bonchev–Trinajstić information content (AvgIpc) is 2.63. The largest absolute Gasteiger partial charge is 0.300 e. The summed E-state index contributed by atoms with van der Waals surface area (Å²) >= 11 is 0. The highest BCUT2D eigenvalue weighted by Gasteiger charge is 2.27. The van der Waals surface area contributed by atoms with Crippen LogP contribution in [0.2, 0.25) is 0 Å². The molecule has 0 aliphatic heterocycles. The van der Waals surface area contributed by atoms with Crippen molar-refractivity contribution in [2.45, 2.75) is 19.0 Å². The Bertz CT molecular complexity index is 729. The predicted octanol–water partition coefficient (Wildman–Crippen LogP) is 4.84. The maximum absolute atomic E-state index is 12.0. The van der Waals surface area contributed by atoms with Crippen LogP contribution in [0, 0.1) is 0 Å². The van der Waals surface area contributed by atoms with Crippen LogP contribution in [0.3, 0.4) is 0 Å². The molecule has 3 aromatic carbocycles. The summed E-state index contributed by atoms with van der Waals surface area (Å²) in [5.74, 6) is 0.239. The summed E-state index contributed by atoms with van der Waals surface area (Å²) in [7, 11) is -0.644. The van der Waals surface area contributed by atoms with Crippen molar-refractivity contribution in [3.05, 3.63) is 96.6 Å². The number of rotatable bonds is 6. The molecule has 0 aliphatic carbocycles. The van der Waals surface area contributed by atoms with Crippen LogP contribution in [0.25, 0.3) is 0 Å². The summed E-state index contributed by atoms with van der Waals surface area (Å²) in [6.07, 6.45) is 0.569. The number of carbonyl (C=O) groups excluding carboxylic acids is 1. The minimum atomic E-state index is -0.644. The highest BCUT2D eigenvalue weighted by atomic mass is 31.1. The van der Waals surface area contributed by atoms with Crippen molar-refractivity contribution in [2.24, 2.45) is 0 Å². The van der Waals surface area contributed by atoms with Gasteiger partial charge in [0, 0.05) is 12.1 Å². The lowest BCUT2D eigenvalue weighted by Crippen LogP contribution is -2.18. The highest BCUT2D eigenvalue weighted by Crippen LogP contribution is 2.51. The van der Waals surface area contributed by atoms with Gasteiger partial charge >= 0.3 is 0 Å². The van der Waals surface area contributed by atoms with E-state index in [1.807, 2.05) is 18.2 Å². The van der Waals surface area contributed by atoms with Crippen LogP contribution < -0.4 is 10.6 Å². The lowest BCUT2D eigenvalue weighted by molar-refractivity contribution is -0.117. The summed E-state index contributed by atoms with van der Waals surface area (Å²) in [4.78, 5) is 12.0. The molecule has 3 rings (SSSR count). The summed E-state index contributed by atoms with van der Waals surface area (Å²) in [5, 5.41) is 2.63. The van der Waals surface area contributed by atoms with E-state index in [1.165, 1.54) is 16.2 Å². The number of hydrogen-bond donors (Lipinski definition) is 0. The van der Waals surface area contributed by atoms with Gasteiger partial charge in [0.2, 0.25) is 0 Å². The lowest BCUT2D eigenvalue weighted by atomic mass is 10.1. The van der Waals surface area contributed by atoms with Crippen LogP contribution in [0.15, 0.2) is 91.0 Å². The summed E-state index contributed by atoms with van der Waals surface area (Å²) < 4.78 is 0. The van der Waals surface area contributed by atoms with Gasteiger partial charge in [-0.25, -0.2) is 0 Å². The molecule has 0 bridgehead atoms. The molecule has 120 valence electrons. The molecule has 0 amide bonds. The molecule has 0 saturated heterocycles. The molecule has 0 radical (unpaired) electrons. The van der Waals surface area contributed by atoms with Crippen molar-refractivity contribution in [3.8, 4) is 0 Å². The Hall–Kier alpha value is -2.24. The monoisotopic (exact) mass is 332 g/mol. The van der Waals surface area contributed by atoms with E-state index in [1.54, 1.807) is 6.92 Å². The van der Waals surface area contributed by atoms with Crippen molar-refractivity contribution < 1.29 is 4.79 Å². The van der Waals surface area contributed by atoms with Crippen LogP contribution in [-0.2, 0) is 4.79 Å². The van der Waals surface area contributed by atoms with Gasteiger partial charge in [-0.05, 0) is 31.0 Å². The van der Waals surface area contributed by atoms with E-state index >= 15 is 0 Å². The molecular weight excluding hydrogens is 311 g/mol. The zero-order valence-corrected chi connectivity index (χ0v) is 14.7. The Balaban J connectivity index is 2.12. The number of Topliss-reactive ketones (excluding diaryl/α,β-unsaturated/α-hetero) is 1. The molecule has 0 aromatic heterocycles. The van der Waals surface area contributed by atoms with Gasteiger partial charge in [-0.3, -0.25) is 4.79 Å². The predicted molar refractivity (Wildman–Crippen MR) is 104 cm³/mol. The third kappa shape index (κ3) is 3.99. The smallest absolute Gasteiger partial charge is 0.130 e. The minimum absolute atomic E-state index is 0.198. The van der Waals surface area contributed by atoms with Gasteiger partial charge < -0.3 is 0 Å². The Morgan fingerprint density at radius 2 is 1.17 bits per heavy atom. The van der Waals surface area contributed by atoms with Crippen molar-refractivity contribution in [1.29, 1.82) is 0 Å². The van der Waals surface area contributed by atoms with Gasteiger partial charge in [0.05, 0.1) is 0 Å². The van der Waals surface area contributed by atoms with E-state index in [0.29, 0.717) is 6.42 Å². The van der Waals surface area contributed by atoms with Crippen LogP contribution >= 0.6 is 7.92 Å². The second kappa shape index (κ2) is 8.04. The lowest BCUT2D eigenvalue weighted by Gasteiger charge is -2.28. The van der Waals surface area contributed by atoms with Gasteiger partial charge in [-0.2, -0.15) is 0 Å². The van der Waals surface area contributed by atoms with Gasteiger partial charge in [0.15, 0.2) is 0 Å². The Morgan fingerprint density at radius 3 is 1.58 bits per heavy atom. The first-order chi connectivity index (χ1) is 11.8.